The van der Waals surface area contributed by atoms with E-state index in [1.165, 1.54) is 11.1 Å². The second kappa shape index (κ2) is 6.73. The lowest BCUT2D eigenvalue weighted by molar-refractivity contribution is 0.215. The van der Waals surface area contributed by atoms with Crippen LogP contribution in [-0.2, 0) is 13.0 Å². The van der Waals surface area contributed by atoms with Crippen LogP contribution in [0.5, 0.6) is 0 Å². The Bertz CT molecular complexity index is 491. The number of nitrogens with two attached hydrogens (primary N) is 1. The van der Waals surface area contributed by atoms with Gasteiger partial charge in [0.15, 0.2) is 0 Å². The molecular weight excluding hydrogens is 252 g/mol. The third kappa shape index (κ3) is 4.37. The maximum absolute atomic E-state index is 5.84. The fourth-order valence-electron chi connectivity index (χ4n) is 2.15. The fourth-order valence-corrected chi connectivity index (χ4v) is 2.86. The van der Waals surface area contributed by atoms with Crippen LogP contribution >= 0.6 is 11.3 Å². The van der Waals surface area contributed by atoms with Crippen molar-refractivity contribution in [3.05, 3.63) is 52.2 Å². The molecule has 0 aliphatic heterocycles. The van der Waals surface area contributed by atoms with Crippen molar-refractivity contribution < 1.29 is 0 Å². The van der Waals surface area contributed by atoms with E-state index in [-0.39, 0.29) is 0 Å². The number of nitrogens with zero attached hydrogens (tertiary/aromatic N) is 1. The molecule has 0 aliphatic carbocycles. The number of anilines is 1. The largest absolute Gasteiger partial charge is 0.399 e. The Hall–Kier alpha value is -1.32. The summed E-state index contributed by atoms with van der Waals surface area (Å²) in [6, 6.07) is 10.9. The second-order valence-electron chi connectivity index (χ2n) is 5.19. The van der Waals surface area contributed by atoms with Gasteiger partial charge in [-0.3, -0.25) is 4.90 Å². The molecule has 1 heterocycles. The Morgan fingerprint density at radius 2 is 2.05 bits per heavy atom. The Balaban J connectivity index is 1.96. The lowest BCUT2D eigenvalue weighted by Crippen LogP contribution is -2.32. The second-order valence-corrected chi connectivity index (χ2v) is 5.97. The van der Waals surface area contributed by atoms with Crippen LogP contribution in [0.2, 0.25) is 0 Å². The van der Waals surface area contributed by atoms with Gasteiger partial charge >= 0.3 is 0 Å². The molecule has 0 aliphatic rings. The average molecular weight is 274 g/mol. The van der Waals surface area contributed by atoms with Crippen molar-refractivity contribution in [2.24, 2.45) is 0 Å². The molecule has 2 aromatic rings. The van der Waals surface area contributed by atoms with E-state index in [0.29, 0.717) is 6.04 Å². The maximum atomic E-state index is 5.84. The first-order valence-electron chi connectivity index (χ1n) is 6.74. The van der Waals surface area contributed by atoms with Crippen molar-refractivity contribution in [2.45, 2.75) is 32.9 Å². The van der Waals surface area contributed by atoms with E-state index in [1.807, 2.05) is 12.1 Å². The third-order valence-electron chi connectivity index (χ3n) is 3.33. The highest BCUT2D eigenvalue weighted by molar-refractivity contribution is 7.07. The van der Waals surface area contributed by atoms with E-state index in [1.54, 1.807) is 11.3 Å². The predicted molar refractivity (Wildman–Crippen MR) is 84.4 cm³/mol. The van der Waals surface area contributed by atoms with E-state index in [0.717, 1.165) is 25.2 Å². The SMILES string of the molecule is CC(C)N(CCc1ccsc1)Cc1cccc(N)c1. The highest BCUT2D eigenvalue weighted by atomic mass is 32.1. The zero-order chi connectivity index (χ0) is 13.7. The van der Waals surface area contributed by atoms with E-state index in [9.17, 15) is 0 Å². The summed E-state index contributed by atoms with van der Waals surface area (Å²) >= 11 is 1.77. The van der Waals surface area contributed by atoms with Crippen LogP contribution in [0.1, 0.15) is 25.0 Å². The number of rotatable bonds is 6. The summed E-state index contributed by atoms with van der Waals surface area (Å²) in [6.45, 7) is 6.55. The Morgan fingerprint density at radius 3 is 2.68 bits per heavy atom. The number of benzene rings is 1. The van der Waals surface area contributed by atoms with Crippen molar-refractivity contribution in [3.8, 4) is 0 Å². The quantitative estimate of drug-likeness (QED) is 0.812. The van der Waals surface area contributed by atoms with Gasteiger partial charge in [-0.2, -0.15) is 11.3 Å². The fraction of sp³-hybridized carbons (Fsp3) is 0.375. The molecule has 0 fully saturated rings. The molecule has 0 spiro atoms. The molecule has 1 aromatic heterocycles. The molecule has 2 nitrogen and oxygen atoms in total. The monoisotopic (exact) mass is 274 g/mol. The predicted octanol–water partition coefficient (Wildman–Crippen LogP) is 3.78. The summed E-state index contributed by atoms with van der Waals surface area (Å²) in [5.41, 5.74) is 9.42. The minimum atomic E-state index is 0.542. The van der Waals surface area contributed by atoms with Gasteiger partial charge in [0, 0.05) is 24.8 Å². The van der Waals surface area contributed by atoms with E-state index >= 15 is 0 Å². The summed E-state index contributed by atoms with van der Waals surface area (Å²) in [6.07, 6.45) is 1.12. The van der Waals surface area contributed by atoms with Crippen LogP contribution in [0.25, 0.3) is 0 Å². The number of nitrogen functional groups attached to an aromatic ring is 1. The van der Waals surface area contributed by atoms with Crippen LogP contribution in [0, 0.1) is 0 Å². The molecule has 0 saturated heterocycles. The number of hydrogen-bond acceptors (Lipinski definition) is 3. The van der Waals surface area contributed by atoms with Crippen LogP contribution in [-0.4, -0.2) is 17.5 Å². The normalized spacial score (nSPS) is 11.4. The van der Waals surface area contributed by atoms with Gasteiger partial charge in [0.25, 0.3) is 0 Å². The van der Waals surface area contributed by atoms with Crippen LogP contribution in [0.4, 0.5) is 5.69 Å². The molecule has 19 heavy (non-hydrogen) atoms. The first-order chi connectivity index (χ1) is 9.15. The maximum Gasteiger partial charge on any atom is 0.0317 e. The molecule has 102 valence electrons. The standard InChI is InChI=1S/C16H22N2S/c1-13(2)18(8-6-14-7-9-19-12-14)11-15-4-3-5-16(17)10-15/h3-5,7,9-10,12-13H,6,8,11,17H2,1-2H3. The zero-order valence-corrected chi connectivity index (χ0v) is 12.5. The Labute approximate surface area is 119 Å². The van der Waals surface area contributed by atoms with Crippen molar-refractivity contribution in [1.29, 1.82) is 0 Å². The molecule has 2 rings (SSSR count). The summed E-state index contributed by atoms with van der Waals surface area (Å²) in [5, 5.41) is 4.38. The van der Waals surface area contributed by atoms with Crippen LogP contribution < -0.4 is 5.73 Å². The zero-order valence-electron chi connectivity index (χ0n) is 11.7. The van der Waals surface area contributed by atoms with E-state index in [4.69, 9.17) is 5.73 Å². The molecule has 0 unspecified atom stereocenters. The lowest BCUT2D eigenvalue weighted by Gasteiger charge is -2.26. The Kier molecular flexibility index (Phi) is 5.00. The van der Waals surface area contributed by atoms with Crippen LogP contribution in [0.15, 0.2) is 41.1 Å². The van der Waals surface area contributed by atoms with Gasteiger partial charge in [-0.1, -0.05) is 12.1 Å². The molecule has 1 aromatic carbocycles. The smallest absolute Gasteiger partial charge is 0.0317 e. The average Bonchev–Trinajstić information content (AvgIpc) is 2.87. The van der Waals surface area contributed by atoms with Crippen molar-refractivity contribution in [3.63, 3.8) is 0 Å². The molecule has 0 amide bonds. The van der Waals surface area contributed by atoms with Crippen LogP contribution in [0.3, 0.4) is 0 Å². The highest BCUT2D eigenvalue weighted by Gasteiger charge is 2.10. The van der Waals surface area contributed by atoms with Gasteiger partial charge in [0.2, 0.25) is 0 Å². The molecule has 3 heteroatoms. The summed E-state index contributed by atoms with van der Waals surface area (Å²) in [4.78, 5) is 2.49. The third-order valence-corrected chi connectivity index (χ3v) is 4.07. The molecule has 0 saturated carbocycles. The van der Waals surface area contributed by atoms with Crippen molar-refractivity contribution in [2.75, 3.05) is 12.3 Å². The van der Waals surface area contributed by atoms with E-state index < -0.39 is 0 Å². The summed E-state index contributed by atoms with van der Waals surface area (Å²) < 4.78 is 0. The van der Waals surface area contributed by atoms with Gasteiger partial charge in [-0.05, 0) is 60.4 Å². The van der Waals surface area contributed by atoms with E-state index in [2.05, 4.69) is 47.7 Å². The molecular formula is C16H22N2S. The topological polar surface area (TPSA) is 29.3 Å². The van der Waals surface area contributed by atoms with Gasteiger partial charge in [-0.15, -0.1) is 0 Å². The summed E-state index contributed by atoms with van der Waals surface area (Å²) in [5.74, 6) is 0. The van der Waals surface area contributed by atoms with Gasteiger partial charge in [0.05, 0.1) is 0 Å². The highest BCUT2D eigenvalue weighted by Crippen LogP contribution is 2.14. The molecule has 2 N–H and O–H groups in total. The Morgan fingerprint density at radius 1 is 1.21 bits per heavy atom. The lowest BCUT2D eigenvalue weighted by atomic mass is 10.1. The summed E-state index contributed by atoms with van der Waals surface area (Å²) in [7, 11) is 0. The number of hydrogen-bond donors (Lipinski definition) is 1. The van der Waals surface area contributed by atoms with Gasteiger partial charge in [-0.25, -0.2) is 0 Å². The molecule has 0 bridgehead atoms. The van der Waals surface area contributed by atoms with Crippen molar-refractivity contribution in [1.82, 2.24) is 4.90 Å². The van der Waals surface area contributed by atoms with Gasteiger partial charge in [0.1, 0.15) is 0 Å². The first-order valence-corrected chi connectivity index (χ1v) is 7.69. The minimum absolute atomic E-state index is 0.542. The molecule has 0 atom stereocenters. The van der Waals surface area contributed by atoms with Gasteiger partial charge < -0.3 is 5.73 Å². The minimum Gasteiger partial charge on any atom is -0.399 e. The first kappa shape index (κ1) is 14.1. The van der Waals surface area contributed by atoms with Crippen molar-refractivity contribution >= 4 is 17.0 Å². The number of thiophene rings is 1. The molecule has 0 radical (unpaired) electrons.